The first-order valence-electron chi connectivity index (χ1n) is 4.82. The van der Waals surface area contributed by atoms with Crippen LogP contribution in [0, 0.1) is 24.1 Å². The molecule has 5 heteroatoms. The zero-order valence-corrected chi connectivity index (χ0v) is 9.66. The van der Waals surface area contributed by atoms with Crippen molar-refractivity contribution in [2.24, 2.45) is 0 Å². The van der Waals surface area contributed by atoms with E-state index < -0.39 is 5.82 Å². The predicted molar refractivity (Wildman–Crippen MR) is 61.9 cm³/mol. The maximum atomic E-state index is 13.7. The molecule has 0 bridgehead atoms. The standard InChI is InChI=1S/C12H7ClFN3/c1-7-5-8(6-15)17-12(16-7)11-9(13)3-2-4-10(11)14/h2-5H,1H3. The van der Waals surface area contributed by atoms with Crippen LogP contribution in [0.25, 0.3) is 11.4 Å². The van der Waals surface area contributed by atoms with Gasteiger partial charge in [-0.15, -0.1) is 0 Å². The number of hydrogen-bond acceptors (Lipinski definition) is 3. The lowest BCUT2D eigenvalue weighted by Gasteiger charge is -2.05. The van der Waals surface area contributed by atoms with Crippen LogP contribution in [0.2, 0.25) is 5.02 Å². The Morgan fingerprint density at radius 2 is 2.12 bits per heavy atom. The van der Waals surface area contributed by atoms with E-state index in [4.69, 9.17) is 16.9 Å². The van der Waals surface area contributed by atoms with Gasteiger partial charge >= 0.3 is 0 Å². The summed E-state index contributed by atoms with van der Waals surface area (Å²) in [6, 6.07) is 7.76. The van der Waals surface area contributed by atoms with Crippen molar-refractivity contribution >= 4 is 11.6 Å². The lowest BCUT2D eigenvalue weighted by molar-refractivity contribution is 0.630. The highest BCUT2D eigenvalue weighted by Crippen LogP contribution is 2.28. The van der Waals surface area contributed by atoms with Gasteiger partial charge < -0.3 is 0 Å². The van der Waals surface area contributed by atoms with Crippen LogP contribution in [0.4, 0.5) is 4.39 Å². The molecule has 0 aliphatic rings. The maximum Gasteiger partial charge on any atom is 0.165 e. The molecular weight excluding hydrogens is 241 g/mol. The minimum absolute atomic E-state index is 0.120. The fraction of sp³-hybridized carbons (Fsp3) is 0.0833. The molecule has 2 aromatic rings. The van der Waals surface area contributed by atoms with E-state index in [1.54, 1.807) is 13.0 Å². The van der Waals surface area contributed by atoms with Crippen LogP contribution in [0.15, 0.2) is 24.3 Å². The van der Waals surface area contributed by atoms with E-state index in [1.807, 2.05) is 6.07 Å². The molecule has 0 spiro atoms. The lowest BCUT2D eigenvalue weighted by Crippen LogP contribution is -1.97. The molecule has 3 nitrogen and oxygen atoms in total. The average molecular weight is 248 g/mol. The van der Waals surface area contributed by atoms with Crippen molar-refractivity contribution in [2.75, 3.05) is 0 Å². The minimum atomic E-state index is -0.507. The fourth-order valence-corrected chi connectivity index (χ4v) is 1.70. The van der Waals surface area contributed by atoms with Gasteiger partial charge in [-0.05, 0) is 25.1 Å². The van der Waals surface area contributed by atoms with Crippen LogP contribution in [0.3, 0.4) is 0 Å². The summed E-state index contributed by atoms with van der Waals surface area (Å²) in [6.45, 7) is 1.71. The molecule has 0 N–H and O–H groups in total. The van der Waals surface area contributed by atoms with Gasteiger partial charge in [0.25, 0.3) is 0 Å². The summed E-state index contributed by atoms with van der Waals surface area (Å²) < 4.78 is 13.7. The van der Waals surface area contributed by atoms with Crippen molar-refractivity contribution in [1.82, 2.24) is 9.97 Å². The number of hydrogen-bond donors (Lipinski definition) is 0. The quantitative estimate of drug-likeness (QED) is 0.778. The van der Waals surface area contributed by atoms with Crippen LogP contribution in [-0.4, -0.2) is 9.97 Å². The Kier molecular flexibility index (Phi) is 3.03. The van der Waals surface area contributed by atoms with Crippen LogP contribution < -0.4 is 0 Å². The van der Waals surface area contributed by atoms with Crippen molar-refractivity contribution in [3.63, 3.8) is 0 Å². The molecule has 1 aromatic carbocycles. The number of benzene rings is 1. The number of halogens is 2. The molecule has 0 aliphatic heterocycles. The summed E-state index contributed by atoms with van der Waals surface area (Å²) in [5.41, 5.74) is 0.895. The minimum Gasteiger partial charge on any atom is -0.233 e. The summed E-state index contributed by atoms with van der Waals surface area (Å²) in [5.74, 6) is -0.378. The smallest absolute Gasteiger partial charge is 0.165 e. The Hall–Kier alpha value is -1.99. The lowest BCUT2D eigenvalue weighted by atomic mass is 10.2. The van der Waals surface area contributed by atoms with Gasteiger partial charge in [0.2, 0.25) is 0 Å². The van der Waals surface area contributed by atoms with E-state index in [9.17, 15) is 4.39 Å². The Bertz CT molecular complexity index is 599. The Balaban J connectivity index is 2.69. The van der Waals surface area contributed by atoms with E-state index in [2.05, 4.69) is 9.97 Å². The number of nitriles is 1. The van der Waals surface area contributed by atoms with Crippen LogP contribution >= 0.6 is 11.6 Å². The van der Waals surface area contributed by atoms with Crippen LogP contribution in [0.1, 0.15) is 11.4 Å². The first kappa shape index (κ1) is 11.5. The number of nitrogens with zero attached hydrogens (tertiary/aromatic N) is 3. The summed E-state index contributed by atoms with van der Waals surface area (Å²) in [5, 5.41) is 9.03. The van der Waals surface area contributed by atoms with Gasteiger partial charge in [0, 0.05) is 5.69 Å². The van der Waals surface area contributed by atoms with Crippen molar-refractivity contribution in [2.45, 2.75) is 6.92 Å². The van der Waals surface area contributed by atoms with Crippen LogP contribution in [0.5, 0.6) is 0 Å². The van der Waals surface area contributed by atoms with Crippen LogP contribution in [-0.2, 0) is 0 Å². The molecule has 0 saturated heterocycles. The van der Waals surface area contributed by atoms with Crippen molar-refractivity contribution in [1.29, 1.82) is 5.26 Å². The zero-order chi connectivity index (χ0) is 12.4. The summed E-state index contributed by atoms with van der Waals surface area (Å²) in [6.07, 6.45) is 0. The van der Waals surface area contributed by atoms with E-state index >= 15 is 0 Å². The SMILES string of the molecule is Cc1cc(C#N)nc(-c2c(F)cccc2Cl)n1. The molecule has 2 rings (SSSR count). The summed E-state index contributed by atoms with van der Waals surface area (Å²) in [4.78, 5) is 8.03. The summed E-state index contributed by atoms with van der Waals surface area (Å²) in [7, 11) is 0. The van der Waals surface area contributed by atoms with Gasteiger partial charge in [0.1, 0.15) is 17.6 Å². The second kappa shape index (κ2) is 4.48. The monoisotopic (exact) mass is 247 g/mol. The predicted octanol–water partition coefficient (Wildman–Crippen LogP) is 3.12. The molecule has 1 aromatic heterocycles. The molecular formula is C12H7ClFN3. The van der Waals surface area contributed by atoms with Gasteiger partial charge in [0.05, 0.1) is 10.6 Å². The highest BCUT2D eigenvalue weighted by atomic mass is 35.5. The third-order valence-corrected chi connectivity index (χ3v) is 2.47. The largest absolute Gasteiger partial charge is 0.233 e. The molecule has 0 fully saturated rings. The first-order chi connectivity index (χ1) is 8.11. The van der Waals surface area contributed by atoms with Crippen molar-refractivity contribution < 1.29 is 4.39 Å². The van der Waals surface area contributed by atoms with E-state index in [0.29, 0.717) is 5.69 Å². The van der Waals surface area contributed by atoms with Gasteiger partial charge in [-0.3, -0.25) is 0 Å². The molecule has 1 heterocycles. The van der Waals surface area contributed by atoms with Gasteiger partial charge in [0.15, 0.2) is 5.82 Å². The second-order valence-corrected chi connectivity index (χ2v) is 3.83. The summed E-state index contributed by atoms with van der Waals surface area (Å²) >= 11 is 5.91. The highest BCUT2D eigenvalue weighted by molar-refractivity contribution is 6.33. The maximum absolute atomic E-state index is 13.7. The first-order valence-corrected chi connectivity index (χ1v) is 5.20. The average Bonchev–Trinajstić information content (AvgIpc) is 2.28. The number of aryl methyl sites for hydroxylation is 1. The van der Waals surface area contributed by atoms with Crippen molar-refractivity contribution in [3.8, 4) is 17.5 Å². The number of rotatable bonds is 1. The molecule has 0 amide bonds. The Morgan fingerprint density at radius 3 is 2.76 bits per heavy atom. The zero-order valence-electron chi connectivity index (χ0n) is 8.91. The van der Waals surface area contributed by atoms with Gasteiger partial charge in [-0.25, -0.2) is 14.4 Å². The topological polar surface area (TPSA) is 49.6 Å². The Morgan fingerprint density at radius 1 is 1.35 bits per heavy atom. The molecule has 17 heavy (non-hydrogen) atoms. The fourth-order valence-electron chi connectivity index (χ4n) is 1.45. The third kappa shape index (κ3) is 2.24. The molecule has 0 saturated carbocycles. The van der Waals surface area contributed by atoms with E-state index in [1.165, 1.54) is 18.2 Å². The second-order valence-electron chi connectivity index (χ2n) is 3.43. The third-order valence-electron chi connectivity index (χ3n) is 2.16. The van der Waals surface area contributed by atoms with Gasteiger partial charge in [-0.2, -0.15) is 5.26 Å². The molecule has 0 aliphatic carbocycles. The van der Waals surface area contributed by atoms with Gasteiger partial charge in [-0.1, -0.05) is 17.7 Å². The molecule has 84 valence electrons. The normalized spacial score (nSPS) is 10.0. The Labute approximate surface area is 103 Å². The number of aromatic nitrogens is 2. The van der Waals surface area contributed by atoms with E-state index in [-0.39, 0.29) is 22.1 Å². The van der Waals surface area contributed by atoms with Crippen molar-refractivity contribution in [3.05, 3.63) is 46.5 Å². The van der Waals surface area contributed by atoms with E-state index in [0.717, 1.165) is 0 Å². The molecule has 0 radical (unpaired) electrons. The molecule has 0 atom stereocenters. The highest BCUT2D eigenvalue weighted by Gasteiger charge is 2.13. The molecule has 0 unspecified atom stereocenters.